The molecule has 1 N–H and O–H groups in total. The molecule has 3 rings (SSSR count). The van der Waals surface area contributed by atoms with Gasteiger partial charge in [-0.15, -0.1) is 5.10 Å². The van der Waals surface area contributed by atoms with Crippen LogP contribution in [-0.4, -0.2) is 21.0 Å². The Kier molecular flexibility index (Phi) is 4.11. The van der Waals surface area contributed by atoms with Crippen LogP contribution >= 0.6 is 0 Å². The van der Waals surface area contributed by atoms with E-state index in [0.29, 0.717) is 6.04 Å². The first-order chi connectivity index (χ1) is 9.86. The van der Waals surface area contributed by atoms with Crippen LogP contribution in [0.2, 0.25) is 0 Å². The van der Waals surface area contributed by atoms with Crippen molar-refractivity contribution in [3.8, 4) is 5.69 Å². The molecule has 0 atom stereocenters. The lowest BCUT2D eigenvalue weighted by atomic mass is 10.1. The first-order valence-corrected chi connectivity index (χ1v) is 7.59. The van der Waals surface area contributed by atoms with Gasteiger partial charge in [0.15, 0.2) is 0 Å². The maximum atomic E-state index is 4.20. The van der Waals surface area contributed by atoms with Gasteiger partial charge in [0.05, 0.1) is 17.6 Å². The second kappa shape index (κ2) is 6.18. The predicted molar refractivity (Wildman–Crippen MR) is 79.8 cm³/mol. The SMILES string of the molecule is CCCCc1ccc(-n2nncc2CNC2CC2)cc1. The zero-order valence-electron chi connectivity index (χ0n) is 12.0. The summed E-state index contributed by atoms with van der Waals surface area (Å²) in [6.45, 7) is 3.07. The van der Waals surface area contributed by atoms with E-state index in [1.807, 2.05) is 10.9 Å². The summed E-state index contributed by atoms with van der Waals surface area (Å²) in [5, 5.41) is 11.8. The van der Waals surface area contributed by atoms with Gasteiger partial charge in [-0.25, -0.2) is 4.68 Å². The van der Waals surface area contributed by atoms with Crippen LogP contribution in [0.15, 0.2) is 30.5 Å². The lowest BCUT2D eigenvalue weighted by Crippen LogP contribution is -2.18. The Labute approximate surface area is 120 Å². The lowest BCUT2D eigenvalue weighted by Gasteiger charge is -2.08. The molecule has 1 aromatic carbocycles. The minimum Gasteiger partial charge on any atom is -0.308 e. The third-order valence-electron chi connectivity index (χ3n) is 3.77. The van der Waals surface area contributed by atoms with E-state index in [1.54, 1.807) is 0 Å². The number of nitrogens with zero attached hydrogens (tertiary/aromatic N) is 3. The predicted octanol–water partition coefficient (Wildman–Crippen LogP) is 2.86. The number of hydrogen-bond donors (Lipinski definition) is 1. The molecule has 1 aliphatic rings. The maximum Gasteiger partial charge on any atom is 0.0783 e. The quantitative estimate of drug-likeness (QED) is 0.841. The van der Waals surface area contributed by atoms with Gasteiger partial charge in [-0.1, -0.05) is 30.7 Å². The van der Waals surface area contributed by atoms with Crippen molar-refractivity contribution in [2.24, 2.45) is 0 Å². The fourth-order valence-corrected chi connectivity index (χ4v) is 2.32. The molecule has 1 saturated carbocycles. The van der Waals surface area contributed by atoms with Crippen LogP contribution in [0.3, 0.4) is 0 Å². The first kappa shape index (κ1) is 13.3. The number of benzene rings is 1. The van der Waals surface area contributed by atoms with Crippen LogP contribution < -0.4 is 5.32 Å². The smallest absolute Gasteiger partial charge is 0.0783 e. The maximum absolute atomic E-state index is 4.20. The van der Waals surface area contributed by atoms with Gasteiger partial charge in [-0.2, -0.15) is 0 Å². The number of aromatic nitrogens is 3. The van der Waals surface area contributed by atoms with Crippen molar-refractivity contribution in [1.29, 1.82) is 0 Å². The molecule has 1 aliphatic carbocycles. The van der Waals surface area contributed by atoms with Crippen molar-refractivity contribution in [1.82, 2.24) is 20.3 Å². The molecule has 20 heavy (non-hydrogen) atoms. The molecule has 0 spiro atoms. The summed E-state index contributed by atoms with van der Waals surface area (Å²) in [4.78, 5) is 0. The number of unbranched alkanes of at least 4 members (excludes halogenated alkanes) is 1. The Bertz CT molecular complexity index is 540. The van der Waals surface area contributed by atoms with E-state index in [4.69, 9.17) is 0 Å². The molecule has 1 heterocycles. The van der Waals surface area contributed by atoms with Gasteiger partial charge in [-0.05, 0) is 43.4 Å². The Balaban J connectivity index is 1.69. The molecule has 0 unspecified atom stereocenters. The molecule has 4 heteroatoms. The number of nitrogens with one attached hydrogen (secondary N) is 1. The fraction of sp³-hybridized carbons (Fsp3) is 0.500. The number of hydrogen-bond acceptors (Lipinski definition) is 3. The van der Waals surface area contributed by atoms with Crippen LogP contribution in [0.25, 0.3) is 5.69 Å². The molecule has 1 aromatic heterocycles. The largest absolute Gasteiger partial charge is 0.308 e. The van der Waals surface area contributed by atoms with Crippen LogP contribution in [0.5, 0.6) is 0 Å². The number of aryl methyl sites for hydroxylation is 1. The molecule has 1 fully saturated rings. The monoisotopic (exact) mass is 270 g/mol. The van der Waals surface area contributed by atoms with Crippen molar-refractivity contribution >= 4 is 0 Å². The molecular weight excluding hydrogens is 248 g/mol. The molecule has 0 bridgehead atoms. The Morgan fingerprint density at radius 3 is 2.75 bits per heavy atom. The second-order valence-corrected chi connectivity index (χ2v) is 5.56. The Morgan fingerprint density at radius 1 is 1.25 bits per heavy atom. The van der Waals surface area contributed by atoms with E-state index in [0.717, 1.165) is 24.3 Å². The third kappa shape index (κ3) is 3.25. The van der Waals surface area contributed by atoms with Gasteiger partial charge in [-0.3, -0.25) is 0 Å². The van der Waals surface area contributed by atoms with E-state index in [-0.39, 0.29) is 0 Å². The lowest BCUT2D eigenvalue weighted by molar-refractivity contribution is 0.647. The van der Waals surface area contributed by atoms with Crippen molar-refractivity contribution in [3.05, 3.63) is 41.7 Å². The zero-order chi connectivity index (χ0) is 13.8. The zero-order valence-corrected chi connectivity index (χ0v) is 12.0. The Morgan fingerprint density at radius 2 is 2.05 bits per heavy atom. The van der Waals surface area contributed by atoms with E-state index < -0.39 is 0 Å². The van der Waals surface area contributed by atoms with Gasteiger partial charge >= 0.3 is 0 Å². The van der Waals surface area contributed by atoms with Crippen molar-refractivity contribution in [2.45, 2.75) is 51.6 Å². The number of rotatable bonds is 7. The van der Waals surface area contributed by atoms with E-state index in [2.05, 4.69) is 46.8 Å². The van der Waals surface area contributed by atoms with Gasteiger partial charge in [0.2, 0.25) is 0 Å². The van der Waals surface area contributed by atoms with Gasteiger partial charge in [0, 0.05) is 12.6 Å². The normalized spacial score (nSPS) is 14.7. The highest BCUT2D eigenvalue weighted by molar-refractivity contribution is 5.35. The van der Waals surface area contributed by atoms with Crippen LogP contribution in [0.4, 0.5) is 0 Å². The molecular formula is C16H22N4. The highest BCUT2D eigenvalue weighted by Gasteiger charge is 2.20. The average molecular weight is 270 g/mol. The standard InChI is InChI=1S/C16H22N4/c1-2-3-4-13-5-9-15(10-6-13)20-16(12-18-19-20)11-17-14-7-8-14/h5-6,9-10,12,14,17H,2-4,7-8,11H2,1H3. The third-order valence-corrected chi connectivity index (χ3v) is 3.77. The molecule has 2 aromatic rings. The first-order valence-electron chi connectivity index (χ1n) is 7.59. The molecule has 0 saturated heterocycles. The highest BCUT2D eigenvalue weighted by Crippen LogP contribution is 2.19. The minimum absolute atomic E-state index is 0.703. The fourth-order valence-electron chi connectivity index (χ4n) is 2.32. The molecule has 0 amide bonds. The summed E-state index contributed by atoms with van der Waals surface area (Å²) in [7, 11) is 0. The second-order valence-electron chi connectivity index (χ2n) is 5.56. The molecule has 4 nitrogen and oxygen atoms in total. The van der Waals surface area contributed by atoms with E-state index in [9.17, 15) is 0 Å². The summed E-state index contributed by atoms with van der Waals surface area (Å²) in [5.74, 6) is 0. The minimum atomic E-state index is 0.703. The van der Waals surface area contributed by atoms with Crippen LogP contribution in [-0.2, 0) is 13.0 Å². The van der Waals surface area contributed by atoms with Crippen LogP contribution in [0.1, 0.15) is 43.9 Å². The van der Waals surface area contributed by atoms with Crippen LogP contribution in [0, 0.1) is 0 Å². The van der Waals surface area contributed by atoms with Gasteiger partial charge in [0.25, 0.3) is 0 Å². The Hall–Kier alpha value is -1.68. The topological polar surface area (TPSA) is 42.7 Å². The summed E-state index contributed by atoms with van der Waals surface area (Å²) in [5.41, 5.74) is 3.61. The van der Waals surface area contributed by atoms with Crippen molar-refractivity contribution in [2.75, 3.05) is 0 Å². The van der Waals surface area contributed by atoms with Crippen molar-refractivity contribution in [3.63, 3.8) is 0 Å². The molecule has 106 valence electrons. The van der Waals surface area contributed by atoms with E-state index >= 15 is 0 Å². The average Bonchev–Trinajstić information content (AvgIpc) is 3.20. The summed E-state index contributed by atoms with van der Waals surface area (Å²) in [6.07, 6.45) is 8.09. The highest BCUT2D eigenvalue weighted by atomic mass is 15.4. The van der Waals surface area contributed by atoms with E-state index in [1.165, 1.54) is 31.2 Å². The van der Waals surface area contributed by atoms with Crippen molar-refractivity contribution < 1.29 is 0 Å². The summed E-state index contributed by atoms with van der Waals surface area (Å²) in [6, 6.07) is 9.38. The van der Waals surface area contributed by atoms with Gasteiger partial charge in [0.1, 0.15) is 0 Å². The molecule has 0 aliphatic heterocycles. The summed E-state index contributed by atoms with van der Waals surface area (Å²) >= 11 is 0. The van der Waals surface area contributed by atoms with Gasteiger partial charge < -0.3 is 5.32 Å². The summed E-state index contributed by atoms with van der Waals surface area (Å²) < 4.78 is 1.93. The molecule has 0 radical (unpaired) electrons.